The summed E-state index contributed by atoms with van der Waals surface area (Å²) in [7, 11) is 0. The minimum atomic E-state index is -1.43. The zero-order valence-electron chi connectivity index (χ0n) is 12.2. The quantitative estimate of drug-likeness (QED) is 0.774. The number of ketones is 1. The van der Waals surface area contributed by atoms with Crippen molar-refractivity contribution in [1.82, 2.24) is 4.90 Å². The van der Waals surface area contributed by atoms with Crippen LogP contribution in [0.1, 0.15) is 18.1 Å². The number of hydrogen-bond acceptors (Lipinski definition) is 2. The van der Waals surface area contributed by atoms with Gasteiger partial charge in [-0.15, -0.1) is 0 Å². The Balaban J connectivity index is 2.08. The Morgan fingerprint density at radius 2 is 1.38 bits per heavy atom. The zero-order chi connectivity index (χ0) is 15.1. The van der Waals surface area contributed by atoms with Crippen molar-refractivity contribution in [2.45, 2.75) is 26.2 Å². The Morgan fingerprint density at radius 3 is 1.76 bits per heavy atom. The molecule has 0 aliphatic rings. The fourth-order valence-electron chi connectivity index (χ4n) is 2.22. The summed E-state index contributed by atoms with van der Waals surface area (Å²) in [5.74, 6) is -0.416. The number of benzene rings is 2. The maximum atomic E-state index is 13.8. The van der Waals surface area contributed by atoms with Crippen LogP contribution in [0.4, 0.5) is 4.39 Å². The summed E-state index contributed by atoms with van der Waals surface area (Å²) < 4.78 is 13.8. The van der Waals surface area contributed by atoms with Gasteiger partial charge in [-0.25, -0.2) is 4.39 Å². The summed E-state index contributed by atoms with van der Waals surface area (Å²) in [4.78, 5) is 13.2. The van der Waals surface area contributed by atoms with Crippen molar-refractivity contribution in [2.75, 3.05) is 6.54 Å². The lowest BCUT2D eigenvalue weighted by atomic mass is 10.1. The number of halogens is 1. The van der Waals surface area contributed by atoms with E-state index in [1.54, 1.807) is 0 Å². The van der Waals surface area contributed by atoms with Gasteiger partial charge in [0.2, 0.25) is 0 Å². The number of nitrogens with zero attached hydrogens (tertiary/aromatic N) is 1. The van der Waals surface area contributed by atoms with Crippen molar-refractivity contribution in [3.63, 3.8) is 0 Å². The van der Waals surface area contributed by atoms with E-state index in [0.29, 0.717) is 13.1 Å². The van der Waals surface area contributed by atoms with Gasteiger partial charge in [0.1, 0.15) is 0 Å². The van der Waals surface area contributed by atoms with Gasteiger partial charge in [0.05, 0.1) is 0 Å². The van der Waals surface area contributed by atoms with Crippen LogP contribution in [-0.4, -0.2) is 23.4 Å². The summed E-state index contributed by atoms with van der Waals surface area (Å²) in [6.45, 7) is 2.68. The molecule has 0 N–H and O–H groups in total. The molecular formula is C18H20FNO. The van der Waals surface area contributed by atoms with Crippen molar-refractivity contribution in [2.24, 2.45) is 0 Å². The summed E-state index contributed by atoms with van der Waals surface area (Å²) in [6, 6.07) is 19.8. The average Bonchev–Trinajstić information content (AvgIpc) is 2.49. The standard InChI is InChI=1S/C18H20FNO/c1-15(21)18(19)14-20(12-16-8-4-2-5-9-16)13-17-10-6-3-7-11-17/h2-11,18H,12-14H2,1H3/t18-/m1/s1. The molecule has 21 heavy (non-hydrogen) atoms. The molecule has 0 aliphatic carbocycles. The molecule has 0 aromatic heterocycles. The van der Waals surface area contributed by atoms with E-state index in [9.17, 15) is 9.18 Å². The second-order valence-corrected chi connectivity index (χ2v) is 5.22. The van der Waals surface area contributed by atoms with Gasteiger partial charge in [-0.1, -0.05) is 60.7 Å². The van der Waals surface area contributed by atoms with Crippen molar-refractivity contribution in [3.8, 4) is 0 Å². The molecular weight excluding hydrogens is 265 g/mol. The maximum absolute atomic E-state index is 13.8. The normalized spacial score (nSPS) is 12.3. The predicted molar refractivity (Wildman–Crippen MR) is 82.6 cm³/mol. The van der Waals surface area contributed by atoms with E-state index in [-0.39, 0.29) is 6.54 Å². The average molecular weight is 285 g/mol. The summed E-state index contributed by atoms with van der Waals surface area (Å²) >= 11 is 0. The van der Waals surface area contributed by atoms with E-state index in [0.717, 1.165) is 11.1 Å². The van der Waals surface area contributed by atoms with Crippen LogP contribution in [0, 0.1) is 0 Å². The highest BCUT2D eigenvalue weighted by molar-refractivity contribution is 5.80. The number of Topliss-reactive ketones (excluding diaryl/α,β-unsaturated/α-hetero) is 1. The molecule has 2 aromatic carbocycles. The third kappa shape index (κ3) is 5.12. The minimum absolute atomic E-state index is 0.124. The molecule has 0 saturated heterocycles. The maximum Gasteiger partial charge on any atom is 0.170 e. The van der Waals surface area contributed by atoms with Gasteiger partial charge in [0.15, 0.2) is 12.0 Å². The monoisotopic (exact) mass is 285 g/mol. The molecule has 2 nitrogen and oxygen atoms in total. The fraction of sp³-hybridized carbons (Fsp3) is 0.278. The third-order valence-electron chi connectivity index (χ3n) is 3.36. The Morgan fingerprint density at radius 1 is 0.952 bits per heavy atom. The predicted octanol–water partition coefficient (Wildman–Crippen LogP) is 3.62. The second kappa shape index (κ2) is 7.70. The number of carbonyl (C=O) groups excluding carboxylic acids is 1. The highest BCUT2D eigenvalue weighted by atomic mass is 19.1. The lowest BCUT2D eigenvalue weighted by Gasteiger charge is -2.23. The summed E-state index contributed by atoms with van der Waals surface area (Å²) in [5.41, 5.74) is 2.23. The number of hydrogen-bond donors (Lipinski definition) is 0. The molecule has 2 aromatic rings. The first-order chi connectivity index (χ1) is 10.1. The largest absolute Gasteiger partial charge is 0.297 e. The molecule has 0 spiro atoms. The van der Waals surface area contributed by atoms with Crippen LogP contribution in [0.5, 0.6) is 0 Å². The lowest BCUT2D eigenvalue weighted by molar-refractivity contribution is -0.122. The Labute approximate surface area is 125 Å². The summed E-state index contributed by atoms with van der Waals surface area (Å²) in [5, 5.41) is 0. The first-order valence-electron chi connectivity index (χ1n) is 7.10. The van der Waals surface area contributed by atoms with E-state index >= 15 is 0 Å². The Bertz CT molecular complexity index is 514. The Kier molecular flexibility index (Phi) is 5.64. The molecule has 3 heteroatoms. The molecule has 110 valence electrons. The van der Waals surface area contributed by atoms with Gasteiger partial charge in [0.25, 0.3) is 0 Å². The van der Waals surface area contributed by atoms with Crippen LogP contribution in [0.3, 0.4) is 0 Å². The van der Waals surface area contributed by atoms with E-state index < -0.39 is 12.0 Å². The van der Waals surface area contributed by atoms with Crippen LogP contribution < -0.4 is 0 Å². The van der Waals surface area contributed by atoms with Crippen LogP contribution in [-0.2, 0) is 17.9 Å². The van der Waals surface area contributed by atoms with Crippen molar-refractivity contribution >= 4 is 5.78 Å². The summed E-state index contributed by atoms with van der Waals surface area (Å²) in [6.07, 6.45) is -1.43. The molecule has 0 saturated carbocycles. The molecule has 0 heterocycles. The molecule has 0 unspecified atom stereocenters. The highest BCUT2D eigenvalue weighted by Crippen LogP contribution is 2.11. The molecule has 0 radical (unpaired) electrons. The fourth-order valence-corrected chi connectivity index (χ4v) is 2.22. The Hall–Kier alpha value is -2.00. The van der Waals surface area contributed by atoms with E-state index in [4.69, 9.17) is 0 Å². The number of rotatable bonds is 7. The minimum Gasteiger partial charge on any atom is -0.297 e. The van der Waals surface area contributed by atoms with Gasteiger partial charge in [-0.05, 0) is 18.1 Å². The molecule has 2 rings (SSSR count). The van der Waals surface area contributed by atoms with E-state index in [1.165, 1.54) is 6.92 Å². The van der Waals surface area contributed by atoms with Gasteiger partial charge in [-0.3, -0.25) is 9.69 Å². The van der Waals surface area contributed by atoms with Gasteiger partial charge < -0.3 is 0 Å². The van der Waals surface area contributed by atoms with Crippen LogP contribution >= 0.6 is 0 Å². The van der Waals surface area contributed by atoms with E-state index in [1.807, 2.05) is 65.6 Å². The van der Waals surface area contributed by atoms with Crippen molar-refractivity contribution in [1.29, 1.82) is 0 Å². The zero-order valence-corrected chi connectivity index (χ0v) is 12.2. The highest BCUT2D eigenvalue weighted by Gasteiger charge is 2.17. The van der Waals surface area contributed by atoms with Crippen LogP contribution in [0.2, 0.25) is 0 Å². The first kappa shape index (κ1) is 15.4. The molecule has 0 fully saturated rings. The van der Waals surface area contributed by atoms with Crippen LogP contribution in [0.25, 0.3) is 0 Å². The molecule has 0 bridgehead atoms. The van der Waals surface area contributed by atoms with Crippen molar-refractivity contribution < 1.29 is 9.18 Å². The topological polar surface area (TPSA) is 20.3 Å². The van der Waals surface area contributed by atoms with Gasteiger partial charge >= 0.3 is 0 Å². The van der Waals surface area contributed by atoms with Crippen LogP contribution in [0.15, 0.2) is 60.7 Å². The molecule has 1 atom stereocenters. The van der Waals surface area contributed by atoms with Gasteiger partial charge in [-0.2, -0.15) is 0 Å². The first-order valence-corrected chi connectivity index (χ1v) is 7.10. The smallest absolute Gasteiger partial charge is 0.170 e. The van der Waals surface area contributed by atoms with Crippen molar-refractivity contribution in [3.05, 3.63) is 71.8 Å². The SMILES string of the molecule is CC(=O)[C@H](F)CN(Cc1ccccc1)Cc1ccccc1. The molecule has 0 amide bonds. The lowest BCUT2D eigenvalue weighted by Crippen LogP contribution is -2.33. The second-order valence-electron chi connectivity index (χ2n) is 5.22. The number of alkyl halides is 1. The van der Waals surface area contributed by atoms with Gasteiger partial charge in [0, 0.05) is 19.6 Å². The third-order valence-corrected chi connectivity index (χ3v) is 3.36. The number of carbonyl (C=O) groups is 1. The molecule has 0 aliphatic heterocycles. The van der Waals surface area contributed by atoms with E-state index in [2.05, 4.69) is 0 Å².